The lowest BCUT2D eigenvalue weighted by atomic mass is 10.2. The van der Waals surface area contributed by atoms with E-state index in [1.54, 1.807) is 13.0 Å². The Bertz CT molecular complexity index is 513. The number of allylic oxidation sites excluding steroid dienone is 2. The number of benzene rings is 1. The van der Waals surface area contributed by atoms with Crippen molar-refractivity contribution >= 4 is 18.0 Å². The van der Waals surface area contributed by atoms with Crippen LogP contribution in [0, 0.1) is 0 Å². The van der Waals surface area contributed by atoms with Crippen LogP contribution in [0.1, 0.15) is 12.5 Å². The molecule has 0 aliphatic carbocycles. The van der Waals surface area contributed by atoms with Crippen LogP contribution in [0.5, 0.6) is 0 Å². The first kappa shape index (κ1) is 15.4. The molecule has 20 heavy (non-hydrogen) atoms. The lowest BCUT2D eigenvalue weighted by Crippen LogP contribution is -1.98. The minimum Gasteiger partial charge on any atom is -0.463 e. The monoisotopic (exact) mass is 272 g/mol. The van der Waals surface area contributed by atoms with Crippen LogP contribution < -0.4 is 0 Å². The molecule has 0 saturated carbocycles. The van der Waals surface area contributed by atoms with Crippen LogP contribution in [0.2, 0.25) is 0 Å². The predicted molar refractivity (Wildman–Crippen MR) is 76.5 cm³/mol. The van der Waals surface area contributed by atoms with Gasteiger partial charge in [-0.05, 0) is 24.6 Å². The topological polar surface area (TPSA) is 52.6 Å². The molecule has 0 aliphatic rings. The standard InChI is InChI=1S/C16H16O4/c1-2-19-15(17)10-6-7-13-20-16(18)12-11-14-8-4-3-5-9-14/h3-13H,2H2,1H3/b10-6+,12-11+,13-7+. The predicted octanol–water partition coefficient (Wildman–Crippen LogP) is 2.88. The highest BCUT2D eigenvalue weighted by Gasteiger charge is 1.93. The van der Waals surface area contributed by atoms with Gasteiger partial charge < -0.3 is 9.47 Å². The van der Waals surface area contributed by atoms with Crippen LogP contribution in [0.15, 0.2) is 60.9 Å². The van der Waals surface area contributed by atoms with E-state index >= 15 is 0 Å². The average Bonchev–Trinajstić information content (AvgIpc) is 2.46. The molecule has 4 nitrogen and oxygen atoms in total. The zero-order chi connectivity index (χ0) is 14.6. The zero-order valence-electron chi connectivity index (χ0n) is 11.2. The Labute approximate surface area is 118 Å². The van der Waals surface area contributed by atoms with Crippen LogP contribution in [0.25, 0.3) is 6.08 Å². The quantitative estimate of drug-likeness (QED) is 0.346. The highest BCUT2D eigenvalue weighted by Crippen LogP contribution is 2.01. The molecule has 0 aromatic heterocycles. The van der Waals surface area contributed by atoms with Gasteiger partial charge in [0, 0.05) is 12.2 Å². The van der Waals surface area contributed by atoms with Crippen LogP contribution in [-0.2, 0) is 19.1 Å². The Morgan fingerprint density at radius 2 is 1.80 bits per heavy atom. The van der Waals surface area contributed by atoms with Crippen molar-refractivity contribution in [3.05, 3.63) is 66.5 Å². The number of rotatable bonds is 6. The fraction of sp³-hybridized carbons (Fsp3) is 0.125. The molecule has 1 aromatic carbocycles. The number of carbonyl (C=O) groups is 2. The first-order valence-corrected chi connectivity index (χ1v) is 6.16. The molecule has 0 radical (unpaired) electrons. The van der Waals surface area contributed by atoms with Crippen molar-refractivity contribution in [2.24, 2.45) is 0 Å². The lowest BCUT2D eigenvalue weighted by Gasteiger charge is -1.93. The number of ether oxygens (including phenoxy) is 2. The Balaban J connectivity index is 2.33. The van der Waals surface area contributed by atoms with E-state index < -0.39 is 11.9 Å². The Morgan fingerprint density at radius 1 is 1.05 bits per heavy atom. The van der Waals surface area contributed by atoms with E-state index in [2.05, 4.69) is 4.74 Å². The van der Waals surface area contributed by atoms with Crippen molar-refractivity contribution in [2.45, 2.75) is 6.92 Å². The number of carbonyl (C=O) groups excluding carboxylic acids is 2. The minimum atomic E-state index is -0.491. The van der Waals surface area contributed by atoms with Crippen LogP contribution >= 0.6 is 0 Å². The van der Waals surface area contributed by atoms with E-state index in [0.717, 1.165) is 5.56 Å². The van der Waals surface area contributed by atoms with Crippen molar-refractivity contribution in [3.8, 4) is 0 Å². The molecule has 0 N–H and O–H groups in total. The van der Waals surface area contributed by atoms with Gasteiger partial charge in [0.25, 0.3) is 0 Å². The smallest absolute Gasteiger partial charge is 0.335 e. The zero-order valence-corrected chi connectivity index (χ0v) is 11.2. The summed E-state index contributed by atoms with van der Waals surface area (Å²) in [6.07, 6.45) is 8.30. The number of hydrogen-bond donors (Lipinski definition) is 0. The molecular formula is C16H16O4. The highest BCUT2D eigenvalue weighted by molar-refractivity contribution is 5.87. The molecule has 0 fully saturated rings. The summed E-state index contributed by atoms with van der Waals surface area (Å²) in [5.41, 5.74) is 0.913. The molecule has 0 unspecified atom stereocenters. The third kappa shape index (κ3) is 6.96. The maximum absolute atomic E-state index is 11.3. The summed E-state index contributed by atoms with van der Waals surface area (Å²) in [6, 6.07) is 9.41. The van der Waals surface area contributed by atoms with Crippen molar-refractivity contribution in [1.29, 1.82) is 0 Å². The average molecular weight is 272 g/mol. The Morgan fingerprint density at radius 3 is 2.50 bits per heavy atom. The van der Waals surface area contributed by atoms with Gasteiger partial charge in [0.2, 0.25) is 0 Å². The summed E-state index contributed by atoms with van der Waals surface area (Å²) < 4.78 is 9.47. The van der Waals surface area contributed by atoms with Crippen molar-refractivity contribution < 1.29 is 19.1 Å². The van der Waals surface area contributed by atoms with Gasteiger partial charge in [-0.1, -0.05) is 36.4 Å². The largest absolute Gasteiger partial charge is 0.463 e. The Kier molecular flexibility index (Phi) is 7.20. The maximum Gasteiger partial charge on any atom is 0.335 e. The lowest BCUT2D eigenvalue weighted by molar-refractivity contribution is -0.137. The third-order valence-corrected chi connectivity index (χ3v) is 2.10. The Hall–Kier alpha value is -2.62. The molecule has 1 aromatic rings. The summed E-state index contributed by atoms with van der Waals surface area (Å²) in [4.78, 5) is 22.3. The summed E-state index contributed by atoms with van der Waals surface area (Å²) in [5, 5.41) is 0. The van der Waals surface area contributed by atoms with E-state index in [0.29, 0.717) is 6.61 Å². The molecule has 4 heteroatoms. The van der Waals surface area contributed by atoms with Gasteiger partial charge in [0.15, 0.2) is 0 Å². The van der Waals surface area contributed by atoms with Gasteiger partial charge in [-0.3, -0.25) is 0 Å². The summed E-state index contributed by atoms with van der Waals surface area (Å²) >= 11 is 0. The van der Waals surface area contributed by atoms with Gasteiger partial charge in [-0.25, -0.2) is 9.59 Å². The van der Waals surface area contributed by atoms with Gasteiger partial charge in [-0.15, -0.1) is 0 Å². The SMILES string of the molecule is CCOC(=O)/C=C/C=C/OC(=O)/C=C/c1ccccc1. The van der Waals surface area contributed by atoms with Gasteiger partial charge in [0.05, 0.1) is 12.9 Å². The normalized spacial score (nSPS) is 11.2. The van der Waals surface area contributed by atoms with Crippen LogP contribution in [0.3, 0.4) is 0 Å². The molecule has 104 valence electrons. The van der Waals surface area contributed by atoms with E-state index in [9.17, 15) is 9.59 Å². The molecule has 0 heterocycles. The number of esters is 2. The van der Waals surface area contributed by atoms with Gasteiger partial charge in [0.1, 0.15) is 0 Å². The first-order chi connectivity index (χ1) is 9.72. The van der Waals surface area contributed by atoms with Gasteiger partial charge >= 0.3 is 11.9 Å². The van der Waals surface area contributed by atoms with E-state index in [4.69, 9.17) is 4.74 Å². The minimum absolute atomic E-state index is 0.326. The summed E-state index contributed by atoms with van der Waals surface area (Å²) in [5.74, 6) is -0.929. The molecule has 0 amide bonds. The molecular weight excluding hydrogens is 256 g/mol. The number of hydrogen-bond acceptors (Lipinski definition) is 4. The van der Waals surface area contributed by atoms with Crippen LogP contribution in [-0.4, -0.2) is 18.5 Å². The molecule has 0 atom stereocenters. The molecule has 0 aliphatic heterocycles. The molecule has 0 saturated heterocycles. The van der Waals surface area contributed by atoms with Gasteiger partial charge in [-0.2, -0.15) is 0 Å². The van der Waals surface area contributed by atoms with Crippen molar-refractivity contribution in [3.63, 3.8) is 0 Å². The fourth-order valence-corrected chi connectivity index (χ4v) is 1.24. The molecule has 0 bridgehead atoms. The van der Waals surface area contributed by atoms with E-state index in [1.165, 1.54) is 30.6 Å². The second-order valence-electron chi connectivity index (χ2n) is 3.62. The molecule has 1 rings (SSSR count). The highest BCUT2D eigenvalue weighted by atomic mass is 16.5. The fourth-order valence-electron chi connectivity index (χ4n) is 1.24. The summed E-state index contributed by atoms with van der Waals surface area (Å²) in [6.45, 7) is 2.05. The summed E-state index contributed by atoms with van der Waals surface area (Å²) in [7, 11) is 0. The second kappa shape index (κ2) is 9.33. The third-order valence-electron chi connectivity index (χ3n) is 2.10. The van der Waals surface area contributed by atoms with Crippen molar-refractivity contribution in [2.75, 3.05) is 6.61 Å². The maximum atomic E-state index is 11.3. The van der Waals surface area contributed by atoms with Crippen molar-refractivity contribution in [1.82, 2.24) is 0 Å². The van der Waals surface area contributed by atoms with E-state index in [1.807, 2.05) is 30.3 Å². The molecule has 0 spiro atoms. The first-order valence-electron chi connectivity index (χ1n) is 6.16. The second-order valence-corrected chi connectivity index (χ2v) is 3.62. The van der Waals surface area contributed by atoms with Crippen LogP contribution in [0.4, 0.5) is 0 Å². The van der Waals surface area contributed by atoms with E-state index in [-0.39, 0.29) is 0 Å².